The lowest BCUT2D eigenvalue weighted by Gasteiger charge is -2.28. The molecule has 0 saturated heterocycles. The van der Waals surface area contributed by atoms with E-state index in [0.717, 1.165) is 11.1 Å². The van der Waals surface area contributed by atoms with E-state index in [2.05, 4.69) is 0 Å². The third kappa shape index (κ3) is 3.43. The standard InChI is InChI=1S/C14H20FN.ClH/c1-10-9-12(15)7-8-13(10)14(16)11-5-3-2-4-6-11;/h7-9,11,14H,2-6,16H2,1H3;1H/t14-;/m1./s1. The fourth-order valence-electron chi connectivity index (χ4n) is 2.76. The lowest BCUT2D eigenvalue weighted by Crippen LogP contribution is -2.24. The lowest BCUT2D eigenvalue weighted by atomic mass is 9.80. The maximum absolute atomic E-state index is 13.0. The fourth-order valence-corrected chi connectivity index (χ4v) is 2.76. The zero-order valence-corrected chi connectivity index (χ0v) is 11.1. The van der Waals surface area contributed by atoms with E-state index in [-0.39, 0.29) is 24.3 Å². The zero-order chi connectivity index (χ0) is 11.5. The third-order valence-electron chi connectivity index (χ3n) is 3.75. The summed E-state index contributed by atoms with van der Waals surface area (Å²) in [5, 5.41) is 0. The van der Waals surface area contributed by atoms with Crippen LogP contribution in [0.3, 0.4) is 0 Å². The maximum Gasteiger partial charge on any atom is 0.123 e. The van der Waals surface area contributed by atoms with E-state index in [1.807, 2.05) is 13.0 Å². The normalized spacial score (nSPS) is 18.5. The van der Waals surface area contributed by atoms with Crippen molar-refractivity contribution in [3.63, 3.8) is 0 Å². The van der Waals surface area contributed by atoms with E-state index in [0.29, 0.717) is 5.92 Å². The summed E-state index contributed by atoms with van der Waals surface area (Å²) in [4.78, 5) is 0. The minimum Gasteiger partial charge on any atom is -0.324 e. The molecule has 0 aromatic heterocycles. The van der Waals surface area contributed by atoms with Crippen molar-refractivity contribution in [3.8, 4) is 0 Å². The van der Waals surface area contributed by atoms with Crippen molar-refractivity contribution in [2.75, 3.05) is 0 Å². The number of aryl methyl sites for hydroxylation is 1. The maximum atomic E-state index is 13.0. The Morgan fingerprint density at radius 2 is 1.88 bits per heavy atom. The topological polar surface area (TPSA) is 26.0 Å². The number of benzene rings is 1. The molecule has 1 saturated carbocycles. The molecule has 1 nitrogen and oxygen atoms in total. The molecular weight excluding hydrogens is 237 g/mol. The molecule has 0 unspecified atom stereocenters. The van der Waals surface area contributed by atoms with Crippen molar-refractivity contribution in [1.29, 1.82) is 0 Å². The van der Waals surface area contributed by atoms with Gasteiger partial charge in [-0.15, -0.1) is 12.4 Å². The Morgan fingerprint density at radius 1 is 1.24 bits per heavy atom. The predicted molar refractivity (Wildman–Crippen MR) is 71.9 cm³/mol. The van der Waals surface area contributed by atoms with Gasteiger partial charge in [-0.05, 0) is 48.9 Å². The Kier molecular flexibility index (Phi) is 5.41. The fraction of sp³-hybridized carbons (Fsp3) is 0.571. The average molecular weight is 258 g/mol. The molecule has 0 aliphatic heterocycles. The van der Waals surface area contributed by atoms with Gasteiger partial charge in [-0.2, -0.15) is 0 Å². The monoisotopic (exact) mass is 257 g/mol. The molecule has 1 aromatic carbocycles. The number of rotatable bonds is 2. The second-order valence-corrected chi connectivity index (χ2v) is 4.92. The van der Waals surface area contributed by atoms with Gasteiger partial charge in [-0.3, -0.25) is 0 Å². The smallest absolute Gasteiger partial charge is 0.123 e. The Labute approximate surface area is 109 Å². The Balaban J connectivity index is 0.00000144. The summed E-state index contributed by atoms with van der Waals surface area (Å²) in [6.45, 7) is 1.95. The molecule has 0 bridgehead atoms. The molecule has 0 heterocycles. The van der Waals surface area contributed by atoms with Crippen LogP contribution in [0.4, 0.5) is 4.39 Å². The summed E-state index contributed by atoms with van der Waals surface area (Å²) in [6.07, 6.45) is 6.36. The Hall–Kier alpha value is -0.600. The van der Waals surface area contributed by atoms with Crippen molar-refractivity contribution in [2.24, 2.45) is 11.7 Å². The minimum atomic E-state index is -0.169. The molecule has 0 spiro atoms. The van der Waals surface area contributed by atoms with Gasteiger partial charge >= 0.3 is 0 Å². The molecule has 0 amide bonds. The molecule has 17 heavy (non-hydrogen) atoms. The lowest BCUT2D eigenvalue weighted by molar-refractivity contribution is 0.307. The summed E-state index contributed by atoms with van der Waals surface area (Å²) < 4.78 is 13.0. The number of nitrogens with two attached hydrogens (primary N) is 1. The summed E-state index contributed by atoms with van der Waals surface area (Å²) in [5.41, 5.74) is 8.40. The van der Waals surface area contributed by atoms with Crippen LogP contribution in [0.2, 0.25) is 0 Å². The van der Waals surface area contributed by atoms with Crippen LogP contribution in [0.25, 0.3) is 0 Å². The molecule has 3 heteroatoms. The van der Waals surface area contributed by atoms with Gasteiger partial charge < -0.3 is 5.73 Å². The van der Waals surface area contributed by atoms with Crippen LogP contribution in [0, 0.1) is 18.7 Å². The van der Waals surface area contributed by atoms with E-state index >= 15 is 0 Å². The van der Waals surface area contributed by atoms with Crippen LogP contribution in [-0.2, 0) is 0 Å². The van der Waals surface area contributed by atoms with Crippen molar-refractivity contribution in [2.45, 2.75) is 45.1 Å². The van der Waals surface area contributed by atoms with Crippen molar-refractivity contribution < 1.29 is 4.39 Å². The Morgan fingerprint density at radius 3 is 2.47 bits per heavy atom. The van der Waals surface area contributed by atoms with E-state index in [1.54, 1.807) is 6.07 Å². The van der Waals surface area contributed by atoms with Gasteiger partial charge in [0.2, 0.25) is 0 Å². The van der Waals surface area contributed by atoms with Crippen LogP contribution in [0.5, 0.6) is 0 Å². The average Bonchev–Trinajstić information content (AvgIpc) is 2.29. The highest BCUT2D eigenvalue weighted by Crippen LogP contribution is 2.34. The van der Waals surface area contributed by atoms with Crippen LogP contribution in [0.1, 0.15) is 49.3 Å². The van der Waals surface area contributed by atoms with Crippen LogP contribution in [-0.4, -0.2) is 0 Å². The second kappa shape index (κ2) is 6.36. The largest absolute Gasteiger partial charge is 0.324 e. The van der Waals surface area contributed by atoms with Gasteiger partial charge in [-0.1, -0.05) is 25.3 Å². The molecule has 1 aliphatic rings. The van der Waals surface area contributed by atoms with Gasteiger partial charge in [0, 0.05) is 6.04 Å². The predicted octanol–water partition coefficient (Wildman–Crippen LogP) is 4.14. The van der Waals surface area contributed by atoms with Crippen molar-refractivity contribution >= 4 is 12.4 Å². The van der Waals surface area contributed by atoms with Gasteiger partial charge in [-0.25, -0.2) is 4.39 Å². The first-order valence-electron chi connectivity index (χ1n) is 6.20. The second-order valence-electron chi connectivity index (χ2n) is 4.92. The molecule has 2 rings (SSSR count). The summed E-state index contributed by atoms with van der Waals surface area (Å²) in [5.74, 6) is 0.412. The molecule has 1 fully saturated rings. The number of halogens is 2. The van der Waals surface area contributed by atoms with Crippen LogP contribution in [0.15, 0.2) is 18.2 Å². The molecule has 1 aliphatic carbocycles. The summed E-state index contributed by atoms with van der Waals surface area (Å²) in [6, 6.07) is 5.04. The van der Waals surface area contributed by atoms with Gasteiger partial charge in [0.1, 0.15) is 5.82 Å². The molecular formula is C14H21ClFN. The number of hydrogen-bond acceptors (Lipinski definition) is 1. The highest BCUT2D eigenvalue weighted by molar-refractivity contribution is 5.85. The van der Waals surface area contributed by atoms with E-state index in [4.69, 9.17) is 5.73 Å². The van der Waals surface area contributed by atoms with Crippen LogP contribution >= 0.6 is 12.4 Å². The molecule has 96 valence electrons. The first kappa shape index (κ1) is 14.5. The summed E-state index contributed by atoms with van der Waals surface area (Å²) in [7, 11) is 0. The number of hydrogen-bond donors (Lipinski definition) is 1. The zero-order valence-electron chi connectivity index (χ0n) is 10.3. The highest BCUT2D eigenvalue weighted by Gasteiger charge is 2.22. The quantitative estimate of drug-likeness (QED) is 0.847. The van der Waals surface area contributed by atoms with Crippen molar-refractivity contribution in [1.82, 2.24) is 0 Å². The van der Waals surface area contributed by atoms with Crippen molar-refractivity contribution in [3.05, 3.63) is 35.1 Å². The van der Waals surface area contributed by atoms with E-state index in [1.165, 1.54) is 38.2 Å². The first-order valence-corrected chi connectivity index (χ1v) is 6.20. The van der Waals surface area contributed by atoms with E-state index < -0.39 is 0 Å². The van der Waals surface area contributed by atoms with Gasteiger partial charge in [0.05, 0.1) is 0 Å². The van der Waals surface area contributed by atoms with Gasteiger partial charge in [0.25, 0.3) is 0 Å². The molecule has 2 N–H and O–H groups in total. The molecule has 0 radical (unpaired) electrons. The minimum absolute atomic E-state index is 0. The highest BCUT2D eigenvalue weighted by atomic mass is 35.5. The van der Waals surface area contributed by atoms with E-state index in [9.17, 15) is 4.39 Å². The third-order valence-corrected chi connectivity index (χ3v) is 3.75. The SMILES string of the molecule is Cc1cc(F)ccc1[C@H](N)C1CCCCC1.Cl. The summed E-state index contributed by atoms with van der Waals surface area (Å²) >= 11 is 0. The van der Waals surface area contributed by atoms with Crippen LogP contribution < -0.4 is 5.73 Å². The first-order chi connectivity index (χ1) is 7.68. The molecule has 1 atom stereocenters. The Bertz CT molecular complexity index is 361. The molecule has 1 aromatic rings. The van der Waals surface area contributed by atoms with Gasteiger partial charge in [0.15, 0.2) is 0 Å².